The van der Waals surface area contributed by atoms with Crippen molar-refractivity contribution in [1.29, 1.82) is 0 Å². The van der Waals surface area contributed by atoms with E-state index in [9.17, 15) is 4.79 Å². The molecular formula is C5H8N2O2. The molecule has 0 amide bonds. The Hall–Kier alpha value is -1.32. The highest BCUT2D eigenvalue weighted by Gasteiger charge is 1.95. The first kappa shape index (κ1) is 7.68. The summed E-state index contributed by atoms with van der Waals surface area (Å²) in [6, 6.07) is 0. The molecule has 0 unspecified atom stereocenters. The maximum absolute atomic E-state index is 10.2. The zero-order chi connectivity index (χ0) is 7.28. The number of aliphatic hydroxyl groups excluding tert-OH is 1. The predicted octanol–water partition coefficient (Wildman–Crippen LogP) is -0.0382. The molecule has 0 rings (SSSR count). The van der Waals surface area contributed by atoms with Gasteiger partial charge in [-0.05, 0) is 0 Å². The number of hydrogen-bond donors (Lipinski definition) is 2. The lowest BCUT2D eigenvalue weighted by Crippen LogP contribution is -1.94. The number of rotatable bonds is 2. The fourth-order valence-corrected chi connectivity index (χ4v) is 0.205. The lowest BCUT2D eigenvalue weighted by molar-refractivity contribution is -0.115. The number of Topliss-reactive ketones (excluding diaryl/α,β-unsaturated/α-hetero) is 1. The predicted molar refractivity (Wildman–Crippen MR) is 34.1 cm³/mol. The molecule has 0 saturated heterocycles. The van der Waals surface area contributed by atoms with Crippen LogP contribution >= 0.6 is 0 Å². The minimum Gasteiger partial charge on any atom is -0.503 e. The maximum Gasteiger partial charge on any atom is 0.195 e. The summed E-state index contributed by atoms with van der Waals surface area (Å²) in [5.74, 6) is -0.822. The topological polar surface area (TPSA) is 75.7 Å². The lowest BCUT2D eigenvalue weighted by atomic mass is 10.4. The summed E-state index contributed by atoms with van der Waals surface area (Å²) in [6.45, 7) is 1.23. The summed E-state index contributed by atoms with van der Waals surface area (Å²) >= 11 is 0. The minimum atomic E-state index is -0.430. The maximum atomic E-state index is 10.2. The van der Waals surface area contributed by atoms with Crippen molar-refractivity contribution >= 4 is 12.1 Å². The molecule has 0 aromatic rings. The van der Waals surface area contributed by atoms with Crippen LogP contribution in [0.1, 0.15) is 6.92 Å². The third-order valence-electron chi connectivity index (χ3n) is 0.644. The first-order valence-electron chi connectivity index (χ1n) is 2.32. The van der Waals surface area contributed by atoms with E-state index in [1.54, 1.807) is 0 Å². The summed E-state index contributed by atoms with van der Waals surface area (Å²) in [4.78, 5) is 13.5. The van der Waals surface area contributed by atoms with Crippen LogP contribution in [0.4, 0.5) is 0 Å². The Morgan fingerprint density at radius 1 is 1.78 bits per heavy atom. The normalized spacial score (nSPS) is 12.3. The molecule has 3 N–H and O–H groups in total. The van der Waals surface area contributed by atoms with Gasteiger partial charge in [0, 0.05) is 6.92 Å². The Bertz CT molecular complexity index is 160. The molecule has 0 heterocycles. The van der Waals surface area contributed by atoms with Crippen LogP contribution in [0.2, 0.25) is 0 Å². The molecule has 0 aliphatic heterocycles. The quantitative estimate of drug-likeness (QED) is 0.237. The van der Waals surface area contributed by atoms with Crippen molar-refractivity contribution in [3.05, 3.63) is 12.0 Å². The van der Waals surface area contributed by atoms with Gasteiger partial charge >= 0.3 is 0 Å². The monoisotopic (exact) mass is 128 g/mol. The Balaban J connectivity index is 4.00. The van der Waals surface area contributed by atoms with Crippen LogP contribution in [0.25, 0.3) is 0 Å². The molecule has 4 nitrogen and oxygen atoms in total. The van der Waals surface area contributed by atoms with E-state index < -0.39 is 11.5 Å². The average molecular weight is 128 g/mol. The highest BCUT2D eigenvalue weighted by molar-refractivity contribution is 5.90. The third-order valence-corrected chi connectivity index (χ3v) is 0.644. The molecular weight excluding hydrogens is 120 g/mol. The van der Waals surface area contributed by atoms with E-state index in [1.165, 1.54) is 6.92 Å². The number of hydrogen-bond acceptors (Lipinski definition) is 3. The Morgan fingerprint density at radius 2 is 2.33 bits per heavy atom. The number of nitrogens with two attached hydrogens (primary N) is 1. The van der Waals surface area contributed by atoms with Gasteiger partial charge in [0.1, 0.15) is 0 Å². The SMILES string of the molecule is CC(=O)/C(O)=C\N=C/N. The van der Waals surface area contributed by atoms with Crippen molar-refractivity contribution in [1.82, 2.24) is 0 Å². The number of carbonyl (C=O) groups excluding carboxylic acids is 1. The largest absolute Gasteiger partial charge is 0.503 e. The molecule has 0 aliphatic rings. The molecule has 50 valence electrons. The summed E-state index contributed by atoms with van der Waals surface area (Å²) < 4.78 is 0. The van der Waals surface area contributed by atoms with E-state index in [2.05, 4.69) is 4.99 Å². The number of aliphatic imine (C=N–C) groups is 1. The second-order valence-electron chi connectivity index (χ2n) is 1.37. The Kier molecular flexibility index (Phi) is 3.12. The van der Waals surface area contributed by atoms with Crippen LogP contribution < -0.4 is 5.73 Å². The zero-order valence-corrected chi connectivity index (χ0v) is 5.03. The van der Waals surface area contributed by atoms with Crippen LogP contribution in [-0.4, -0.2) is 17.2 Å². The van der Waals surface area contributed by atoms with E-state index in [1.807, 2.05) is 0 Å². The number of carbonyl (C=O) groups is 1. The molecule has 0 aromatic heterocycles. The van der Waals surface area contributed by atoms with Gasteiger partial charge in [-0.3, -0.25) is 4.79 Å². The standard InChI is InChI=1S/C5H8N2O2/c1-4(8)5(9)2-7-3-6/h2-3,9H,1H3,(H2,6,7)/b5-2+. The Morgan fingerprint density at radius 3 is 2.67 bits per heavy atom. The van der Waals surface area contributed by atoms with Gasteiger partial charge in [-0.1, -0.05) is 0 Å². The van der Waals surface area contributed by atoms with E-state index in [0.29, 0.717) is 0 Å². The minimum absolute atomic E-state index is 0.392. The second-order valence-corrected chi connectivity index (χ2v) is 1.37. The molecule has 0 aliphatic carbocycles. The van der Waals surface area contributed by atoms with Crippen LogP contribution in [-0.2, 0) is 4.79 Å². The summed E-state index contributed by atoms with van der Waals surface area (Å²) in [7, 11) is 0. The first-order chi connectivity index (χ1) is 4.18. The van der Waals surface area contributed by atoms with Crippen molar-refractivity contribution in [2.45, 2.75) is 6.92 Å². The Labute approximate surface area is 52.7 Å². The van der Waals surface area contributed by atoms with Crippen LogP contribution in [0.3, 0.4) is 0 Å². The highest BCUT2D eigenvalue weighted by Crippen LogP contribution is 1.87. The van der Waals surface area contributed by atoms with Gasteiger partial charge in [0.05, 0.1) is 12.5 Å². The molecule has 0 saturated carbocycles. The van der Waals surface area contributed by atoms with Gasteiger partial charge in [0.25, 0.3) is 0 Å². The van der Waals surface area contributed by atoms with Crippen LogP contribution in [0.5, 0.6) is 0 Å². The summed E-state index contributed by atoms with van der Waals surface area (Å²) in [5, 5.41) is 8.60. The zero-order valence-electron chi connectivity index (χ0n) is 5.03. The van der Waals surface area contributed by atoms with E-state index in [-0.39, 0.29) is 0 Å². The average Bonchev–Trinajstić information content (AvgIpc) is 1.82. The van der Waals surface area contributed by atoms with Gasteiger partial charge in [-0.2, -0.15) is 0 Å². The molecule has 0 bridgehead atoms. The summed E-state index contributed by atoms with van der Waals surface area (Å²) in [5.41, 5.74) is 4.82. The van der Waals surface area contributed by atoms with Crippen molar-refractivity contribution in [2.75, 3.05) is 0 Å². The molecule has 0 fully saturated rings. The number of allylic oxidation sites excluding steroid dienone is 1. The molecule has 0 spiro atoms. The van der Waals surface area contributed by atoms with Crippen LogP contribution in [0, 0.1) is 0 Å². The first-order valence-corrected chi connectivity index (χ1v) is 2.32. The van der Waals surface area contributed by atoms with Crippen molar-refractivity contribution in [2.24, 2.45) is 10.7 Å². The second kappa shape index (κ2) is 3.65. The fourth-order valence-electron chi connectivity index (χ4n) is 0.205. The van der Waals surface area contributed by atoms with Crippen molar-refractivity contribution in [3.63, 3.8) is 0 Å². The van der Waals surface area contributed by atoms with Crippen LogP contribution in [0.15, 0.2) is 17.0 Å². The van der Waals surface area contributed by atoms with Gasteiger partial charge < -0.3 is 10.8 Å². The van der Waals surface area contributed by atoms with E-state index in [4.69, 9.17) is 10.8 Å². The number of nitrogens with zero attached hydrogens (tertiary/aromatic N) is 1. The van der Waals surface area contributed by atoms with Crippen molar-refractivity contribution in [3.8, 4) is 0 Å². The van der Waals surface area contributed by atoms with Gasteiger partial charge in [-0.25, -0.2) is 4.99 Å². The van der Waals surface area contributed by atoms with E-state index in [0.717, 1.165) is 12.5 Å². The van der Waals surface area contributed by atoms with Gasteiger partial charge in [0.2, 0.25) is 0 Å². The third kappa shape index (κ3) is 3.28. The van der Waals surface area contributed by atoms with Gasteiger partial charge in [0.15, 0.2) is 11.5 Å². The van der Waals surface area contributed by atoms with Crippen molar-refractivity contribution < 1.29 is 9.90 Å². The van der Waals surface area contributed by atoms with Gasteiger partial charge in [-0.15, -0.1) is 0 Å². The lowest BCUT2D eigenvalue weighted by Gasteiger charge is -1.85. The van der Waals surface area contributed by atoms with E-state index >= 15 is 0 Å². The number of aliphatic hydroxyl groups is 1. The summed E-state index contributed by atoms with van der Waals surface area (Å²) in [6.07, 6.45) is 1.97. The molecule has 4 heteroatoms. The smallest absolute Gasteiger partial charge is 0.195 e. The molecule has 9 heavy (non-hydrogen) atoms. The molecule has 0 radical (unpaired) electrons. The molecule has 0 atom stereocenters. The number of ketones is 1. The fraction of sp³-hybridized carbons (Fsp3) is 0.200. The highest BCUT2D eigenvalue weighted by atomic mass is 16.3. The molecule has 0 aromatic carbocycles.